The lowest BCUT2D eigenvalue weighted by Gasteiger charge is -2.09. The summed E-state index contributed by atoms with van der Waals surface area (Å²) in [5.74, 6) is 1.65. The lowest BCUT2D eigenvalue weighted by atomic mass is 10.2. The molecule has 0 aliphatic carbocycles. The molecule has 0 spiro atoms. The lowest BCUT2D eigenvalue weighted by molar-refractivity contribution is 0.0992. The average molecular weight is 374 g/mol. The first-order chi connectivity index (χ1) is 13.7. The van der Waals surface area contributed by atoms with Crippen LogP contribution in [0.1, 0.15) is 16.3 Å². The first-order valence-electron chi connectivity index (χ1n) is 8.74. The van der Waals surface area contributed by atoms with Gasteiger partial charge in [-0.15, -0.1) is 0 Å². The normalized spacial score (nSPS) is 10.6. The maximum atomic E-state index is 12.6. The second kappa shape index (κ2) is 7.84. The average Bonchev–Trinajstić information content (AvgIpc) is 3.22. The largest absolute Gasteiger partial charge is 0.493 e. The van der Waals surface area contributed by atoms with Gasteiger partial charge >= 0.3 is 0 Å². The molecule has 0 fully saturated rings. The number of methoxy groups -OCH3 is 1. The number of fused-ring (bicyclic) bond motifs is 1. The molecule has 4 aromatic rings. The number of ether oxygens (including phenoxy) is 2. The van der Waals surface area contributed by atoms with Crippen LogP contribution in [-0.2, 0) is 6.61 Å². The van der Waals surface area contributed by atoms with E-state index in [1.54, 1.807) is 25.4 Å². The third-order valence-corrected chi connectivity index (χ3v) is 4.22. The summed E-state index contributed by atoms with van der Waals surface area (Å²) in [6, 6.07) is 20.0. The van der Waals surface area contributed by atoms with E-state index < -0.39 is 0 Å². The third kappa shape index (κ3) is 3.66. The van der Waals surface area contributed by atoms with Crippen molar-refractivity contribution in [3.05, 3.63) is 84.4 Å². The predicted molar refractivity (Wildman–Crippen MR) is 106 cm³/mol. The highest BCUT2D eigenvalue weighted by Crippen LogP contribution is 2.27. The molecule has 140 valence electrons. The van der Waals surface area contributed by atoms with Crippen LogP contribution in [0.5, 0.6) is 11.5 Å². The highest BCUT2D eigenvalue weighted by atomic mass is 16.5. The van der Waals surface area contributed by atoms with Crippen LogP contribution in [0, 0.1) is 0 Å². The van der Waals surface area contributed by atoms with Crippen molar-refractivity contribution in [2.45, 2.75) is 6.61 Å². The van der Waals surface area contributed by atoms with Gasteiger partial charge in [-0.3, -0.25) is 9.78 Å². The van der Waals surface area contributed by atoms with Crippen molar-refractivity contribution in [2.24, 2.45) is 0 Å². The topological polar surface area (TPSA) is 73.6 Å². The minimum absolute atomic E-state index is 0.186. The van der Waals surface area contributed by atoms with E-state index in [-0.39, 0.29) is 18.3 Å². The van der Waals surface area contributed by atoms with Gasteiger partial charge in [-0.1, -0.05) is 18.2 Å². The number of carbonyl (C=O) groups is 1. The number of nitrogens with zero attached hydrogens (tertiary/aromatic N) is 1. The van der Waals surface area contributed by atoms with Crippen molar-refractivity contribution in [1.82, 2.24) is 4.98 Å². The molecule has 6 nitrogen and oxygen atoms in total. The molecule has 0 aliphatic heterocycles. The Bertz CT molecular complexity index is 1110. The van der Waals surface area contributed by atoms with Crippen LogP contribution in [0.25, 0.3) is 10.9 Å². The van der Waals surface area contributed by atoms with Gasteiger partial charge in [-0.25, -0.2) is 0 Å². The highest BCUT2D eigenvalue weighted by molar-refractivity contribution is 6.07. The monoisotopic (exact) mass is 374 g/mol. The third-order valence-electron chi connectivity index (χ3n) is 4.22. The molecule has 4 rings (SSSR count). The molecule has 2 aromatic carbocycles. The van der Waals surface area contributed by atoms with E-state index in [9.17, 15) is 4.79 Å². The van der Waals surface area contributed by atoms with E-state index in [1.165, 1.54) is 0 Å². The van der Waals surface area contributed by atoms with Crippen molar-refractivity contribution in [1.29, 1.82) is 0 Å². The Balaban J connectivity index is 1.45. The zero-order chi connectivity index (χ0) is 19.3. The molecule has 0 unspecified atom stereocenters. The van der Waals surface area contributed by atoms with E-state index >= 15 is 0 Å². The van der Waals surface area contributed by atoms with Crippen molar-refractivity contribution in [3.63, 3.8) is 0 Å². The second-order valence-corrected chi connectivity index (χ2v) is 6.04. The summed E-state index contributed by atoms with van der Waals surface area (Å²) >= 11 is 0. The summed E-state index contributed by atoms with van der Waals surface area (Å²) in [7, 11) is 1.58. The van der Waals surface area contributed by atoms with Gasteiger partial charge in [0.2, 0.25) is 0 Å². The van der Waals surface area contributed by atoms with Gasteiger partial charge in [-0.05, 0) is 48.5 Å². The first kappa shape index (κ1) is 17.6. The minimum atomic E-state index is -0.333. The molecule has 0 radical (unpaired) electrons. The second-order valence-electron chi connectivity index (χ2n) is 6.04. The Hall–Kier alpha value is -3.80. The summed E-state index contributed by atoms with van der Waals surface area (Å²) in [6.45, 7) is 0.186. The molecule has 0 saturated heterocycles. The summed E-state index contributed by atoms with van der Waals surface area (Å²) in [4.78, 5) is 16.9. The number of para-hydroxylation sites is 2. The summed E-state index contributed by atoms with van der Waals surface area (Å²) in [5, 5.41) is 3.74. The SMILES string of the molecule is COc1ccccc1OCc1ccc(C(=O)Nc2cccc3ncccc23)o1. The molecule has 28 heavy (non-hydrogen) atoms. The number of pyridine rings is 1. The van der Waals surface area contributed by atoms with Crippen LogP contribution in [0.2, 0.25) is 0 Å². The Kier molecular flexibility index (Phi) is 4.93. The molecule has 0 bridgehead atoms. The van der Waals surface area contributed by atoms with E-state index in [0.717, 1.165) is 10.9 Å². The van der Waals surface area contributed by atoms with E-state index in [1.807, 2.05) is 54.6 Å². The number of benzene rings is 2. The van der Waals surface area contributed by atoms with Crippen LogP contribution in [0.15, 0.2) is 77.3 Å². The molecule has 1 N–H and O–H groups in total. The van der Waals surface area contributed by atoms with Crippen LogP contribution in [0.3, 0.4) is 0 Å². The number of aromatic nitrogens is 1. The standard InChI is InChI=1S/C22H18N2O4/c1-26-19-9-2-3-10-20(19)27-14-15-11-12-21(28-15)22(25)24-18-8-4-7-17-16(18)6-5-13-23-17/h2-13H,14H2,1H3,(H,24,25). The molecule has 2 aromatic heterocycles. The highest BCUT2D eigenvalue weighted by Gasteiger charge is 2.14. The number of carbonyl (C=O) groups excluding carboxylic acids is 1. The van der Waals surface area contributed by atoms with Crippen LogP contribution < -0.4 is 14.8 Å². The molecule has 0 atom stereocenters. The van der Waals surface area contributed by atoms with E-state index in [2.05, 4.69) is 10.3 Å². The maximum absolute atomic E-state index is 12.6. The van der Waals surface area contributed by atoms with Gasteiger partial charge in [0.25, 0.3) is 5.91 Å². The molecule has 1 amide bonds. The molecule has 2 heterocycles. The van der Waals surface area contributed by atoms with Crippen LogP contribution in [-0.4, -0.2) is 18.0 Å². The number of hydrogen-bond donors (Lipinski definition) is 1. The van der Waals surface area contributed by atoms with Gasteiger partial charge in [0.05, 0.1) is 18.3 Å². The van der Waals surface area contributed by atoms with Crippen molar-refractivity contribution >= 4 is 22.5 Å². The smallest absolute Gasteiger partial charge is 0.291 e. The lowest BCUT2D eigenvalue weighted by Crippen LogP contribution is -2.11. The predicted octanol–water partition coefficient (Wildman–Crippen LogP) is 4.67. The Morgan fingerprint density at radius 2 is 1.86 bits per heavy atom. The first-order valence-corrected chi connectivity index (χ1v) is 8.74. The molecular weight excluding hydrogens is 356 g/mol. The zero-order valence-electron chi connectivity index (χ0n) is 15.2. The van der Waals surface area contributed by atoms with Gasteiger partial charge in [0, 0.05) is 11.6 Å². The quantitative estimate of drug-likeness (QED) is 0.531. The number of amides is 1. The van der Waals surface area contributed by atoms with Crippen molar-refractivity contribution in [3.8, 4) is 11.5 Å². The van der Waals surface area contributed by atoms with E-state index in [0.29, 0.717) is 22.9 Å². The maximum Gasteiger partial charge on any atom is 0.291 e. The number of nitrogens with one attached hydrogen (secondary N) is 1. The fourth-order valence-corrected chi connectivity index (χ4v) is 2.86. The Morgan fingerprint density at radius 1 is 1.00 bits per heavy atom. The number of furan rings is 1. The van der Waals surface area contributed by atoms with Crippen molar-refractivity contribution in [2.75, 3.05) is 12.4 Å². The fourth-order valence-electron chi connectivity index (χ4n) is 2.86. The Morgan fingerprint density at radius 3 is 2.71 bits per heavy atom. The van der Waals surface area contributed by atoms with Gasteiger partial charge in [-0.2, -0.15) is 0 Å². The van der Waals surface area contributed by atoms with Crippen LogP contribution in [0.4, 0.5) is 5.69 Å². The van der Waals surface area contributed by atoms with Gasteiger partial charge in [0.15, 0.2) is 17.3 Å². The number of anilines is 1. The summed E-state index contributed by atoms with van der Waals surface area (Å²) < 4.78 is 16.6. The summed E-state index contributed by atoms with van der Waals surface area (Å²) in [6.07, 6.45) is 1.72. The molecule has 0 aliphatic rings. The Labute approximate surface area is 161 Å². The number of rotatable bonds is 6. The molecule has 6 heteroatoms. The molecule has 0 saturated carbocycles. The van der Waals surface area contributed by atoms with Gasteiger partial charge < -0.3 is 19.2 Å². The molecular formula is C22H18N2O4. The van der Waals surface area contributed by atoms with Crippen LogP contribution >= 0.6 is 0 Å². The van der Waals surface area contributed by atoms with E-state index in [4.69, 9.17) is 13.9 Å². The number of hydrogen-bond acceptors (Lipinski definition) is 5. The van der Waals surface area contributed by atoms with Crippen molar-refractivity contribution < 1.29 is 18.7 Å². The summed E-state index contributed by atoms with van der Waals surface area (Å²) in [5.41, 5.74) is 1.49. The van der Waals surface area contributed by atoms with Gasteiger partial charge in [0.1, 0.15) is 12.4 Å². The fraction of sp³-hybridized carbons (Fsp3) is 0.0909. The minimum Gasteiger partial charge on any atom is -0.493 e. The zero-order valence-corrected chi connectivity index (χ0v) is 15.2.